The van der Waals surface area contributed by atoms with E-state index < -0.39 is 17.7 Å². The van der Waals surface area contributed by atoms with E-state index in [4.69, 9.17) is 5.11 Å². The van der Waals surface area contributed by atoms with Gasteiger partial charge in [-0.2, -0.15) is 0 Å². The first-order chi connectivity index (χ1) is 9.10. The third-order valence-electron chi connectivity index (χ3n) is 3.77. The molecule has 1 atom stereocenters. The molecule has 0 aliphatic carbocycles. The van der Waals surface area contributed by atoms with Gasteiger partial charge in [0.05, 0.1) is 12.7 Å². The average Bonchev–Trinajstić information content (AvgIpc) is 2.42. The normalized spacial score (nSPS) is 19.6. The van der Waals surface area contributed by atoms with Crippen LogP contribution in [0.25, 0.3) is 0 Å². The molecule has 0 saturated carbocycles. The Labute approximate surface area is 111 Å². The van der Waals surface area contributed by atoms with Crippen molar-refractivity contribution in [2.75, 3.05) is 19.7 Å². The molecule has 1 aliphatic rings. The molecule has 1 aromatic rings. The average molecular weight is 271 g/mol. The van der Waals surface area contributed by atoms with E-state index in [1.165, 1.54) is 12.1 Å². The number of piperidine rings is 1. The molecule has 106 valence electrons. The number of hydrogen-bond acceptors (Lipinski definition) is 3. The van der Waals surface area contributed by atoms with Gasteiger partial charge in [-0.25, -0.2) is 8.78 Å². The van der Waals surface area contributed by atoms with E-state index in [-0.39, 0.29) is 12.5 Å². The van der Waals surface area contributed by atoms with Crippen LogP contribution in [0.3, 0.4) is 0 Å². The molecule has 1 saturated heterocycles. The molecule has 2 N–H and O–H groups in total. The molecular weight excluding hydrogens is 252 g/mol. The van der Waals surface area contributed by atoms with Crippen molar-refractivity contribution in [3.8, 4) is 0 Å². The molecule has 0 amide bonds. The third kappa shape index (κ3) is 3.72. The van der Waals surface area contributed by atoms with E-state index in [1.54, 1.807) is 0 Å². The summed E-state index contributed by atoms with van der Waals surface area (Å²) in [6, 6.07) is 3.64. The van der Waals surface area contributed by atoms with Crippen molar-refractivity contribution in [2.45, 2.75) is 25.5 Å². The van der Waals surface area contributed by atoms with Gasteiger partial charge in [0.25, 0.3) is 0 Å². The van der Waals surface area contributed by atoms with Crippen LogP contribution >= 0.6 is 0 Å². The molecule has 2 rings (SSSR count). The maximum Gasteiger partial charge on any atom is 0.130 e. The fourth-order valence-electron chi connectivity index (χ4n) is 2.54. The quantitative estimate of drug-likeness (QED) is 0.873. The van der Waals surface area contributed by atoms with Gasteiger partial charge in [0.1, 0.15) is 11.6 Å². The van der Waals surface area contributed by atoms with Crippen LogP contribution in [0.4, 0.5) is 8.78 Å². The lowest BCUT2D eigenvalue weighted by atomic mass is 9.91. The van der Waals surface area contributed by atoms with Crippen LogP contribution in [0.5, 0.6) is 0 Å². The number of likely N-dealkylation sites (tertiary alicyclic amines) is 1. The highest BCUT2D eigenvalue weighted by Crippen LogP contribution is 2.22. The number of benzene rings is 1. The van der Waals surface area contributed by atoms with Crippen LogP contribution in [0.2, 0.25) is 0 Å². The SMILES string of the molecule is OCC(O)C1CCN(Cc2ccc(F)cc2F)CC1. The molecule has 1 fully saturated rings. The summed E-state index contributed by atoms with van der Waals surface area (Å²) < 4.78 is 26.3. The van der Waals surface area contributed by atoms with E-state index in [0.717, 1.165) is 32.0 Å². The zero-order chi connectivity index (χ0) is 13.8. The molecule has 5 heteroatoms. The van der Waals surface area contributed by atoms with Gasteiger partial charge < -0.3 is 10.2 Å². The molecule has 0 spiro atoms. The lowest BCUT2D eigenvalue weighted by Gasteiger charge is -2.33. The minimum atomic E-state index is -0.662. The summed E-state index contributed by atoms with van der Waals surface area (Å²) in [5.74, 6) is -0.970. The van der Waals surface area contributed by atoms with Gasteiger partial charge in [0, 0.05) is 18.2 Å². The maximum atomic E-state index is 13.5. The third-order valence-corrected chi connectivity index (χ3v) is 3.77. The number of nitrogens with zero attached hydrogens (tertiary/aromatic N) is 1. The molecule has 3 nitrogen and oxygen atoms in total. The Hall–Kier alpha value is -1.04. The molecule has 19 heavy (non-hydrogen) atoms. The van der Waals surface area contributed by atoms with E-state index in [9.17, 15) is 13.9 Å². The molecule has 1 aliphatic heterocycles. The summed E-state index contributed by atoms with van der Waals surface area (Å²) in [6.07, 6.45) is 0.902. The predicted octanol–water partition coefficient (Wildman–Crippen LogP) is 1.53. The Balaban J connectivity index is 1.88. The van der Waals surface area contributed by atoms with Crippen molar-refractivity contribution in [3.05, 3.63) is 35.4 Å². The second kappa shape index (κ2) is 6.41. The summed E-state index contributed by atoms with van der Waals surface area (Å²) in [4.78, 5) is 2.08. The van der Waals surface area contributed by atoms with Gasteiger partial charge in [-0.3, -0.25) is 4.90 Å². The zero-order valence-electron chi connectivity index (χ0n) is 10.7. The standard InChI is InChI=1S/C14H19F2NO2/c15-12-2-1-11(13(16)7-12)8-17-5-3-10(4-6-17)14(19)9-18/h1-2,7,10,14,18-19H,3-6,8-9H2. The van der Waals surface area contributed by atoms with Crippen LogP contribution in [0.15, 0.2) is 18.2 Å². The summed E-state index contributed by atoms with van der Waals surface area (Å²) >= 11 is 0. The van der Waals surface area contributed by atoms with Crippen molar-refractivity contribution in [1.82, 2.24) is 4.90 Å². The fourth-order valence-corrected chi connectivity index (χ4v) is 2.54. The smallest absolute Gasteiger partial charge is 0.130 e. The van der Waals surface area contributed by atoms with Gasteiger partial charge in [-0.1, -0.05) is 6.07 Å². The highest BCUT2D eigenvalue weighted by atomic mass is 19.1. The summed E-state index contributed by atoms with van der Waals surface area (Å²) in [6.45, 7) is 1.74. The van der Waals surface area contributed by atoms with Crippen molar-refractivity contribution in [1.29, 1.82) is 0 Å². The van der Waals surface area contributed by atoms with Crippen molar-refractivity contribution in [3.63, 3.8) is 0 Å². The maximum absolute atomic E-state index is 13.5. The monoisotopic (exact) mass is 271 g/mol. The van der Waals surface area contributed by atoms with Gasteiger partial charge in [-0.05, 0) is 37.9 Å². The molecular formula is C14H19F2NO2. The Morgan fingerprint density at radius 3 is 2.53 bits per heavy atom. The lowest BCUT2D eigenvalue weighted by Crippen LogP contribution is -2.38. The number of rotatable bonds is 4. The topological polar surface area (TPSA) is 43.7 Å². The Morgan fingerprint density at radius 1 is 1.26 bits per heavy atom. The van der Waals surface area contributed by atoms with Gasteiger partial charge >= 0.3 is 0 Å². The summed E-state index contributed by atoms with van der Waals surface area (Å²) in [7, 11) is 0. The van der Waals surface area contributed by atoms with E-state index in [0.29, 0.717) is 12.1 Å². The largest absolute Gasteiger partial charge is 0.394 e. The minimum Gasteiger partial charge on any atom is -0.394 e. The predicted molar refractivity (Wildman–Crippen MR) is 67.5 cm³/mol. The van der Waals surface area contributed by atoms with Crippen LogP contribution in [-0.4, -0.2) is 40.9 Å². The molecule has 0 aromatic heterocycles. The Kier molecular flexibility index (Phi) is 4.85. The van der Waals surface area contributed by atoms with Crippen molar-refractivity contribution < 1.29 is 19.0 Å². The first-order valence-electron chi connectivity index (χ1n) is 6.55. The Morgan fingerprint density at radius 2 is 1.95 bits per heavy atom. The summed E-state index contributed by atoms with van der Waals surface area (Å²) in [5.41, 5.74) is 0.488. The number of halogens is 2. The highest BCUT2D eigenvalue weighted by Gasteiger charge is 2.25. The number of aliphatic hydroxyl groups is 2. The van der Waals surface area contributed by atoms with Crippen molar-refractivity contribution >= 4 is 0 Å². The highest BCUT2D eigenvalue weighted by molar-refractivity contribution is 5.18. The van der Waals surface area contributed by atoms with Crippen LogP contribution in [0.1, 0.15) is 18.4 Å². The van der Waals surface area contributed by atoms with Gasteiger partial charge in [0.15, 0.2) is 0 Å². The minimum absolute atomic E-state index is 0.110. The number of aliphatic hydroxyl groups excluding tert-OH is 2. The van der Waals surface area contributed by atoms with Gasteiger partial charge in [0.2, 0.25) is 0 Å². The van der Waals surface area contributed by atoms with E-state index >= 15 is 0 Å². The molecule has 1 heterocycles. The van der Waals surface area contributed by atoms with Crippen LogP contribution < -0.4 is 0 Å². The second-order valence-electron chi connectivity index (χ2n) is 5.10. The molecule has 1 unspecified atom stereocenters. The molecule has 1 aromatic carbocycles. The number of hydrogen-bond donors (Lipinski definition) is 2. The van der Waals surface area contributed by atoms with Gasteiger partial charge in [-0.15, -0.1) is 0 Å². The lowest BCUT2D eigenvalue weighted by molar-refractivity contribution is 0.0170. The Bertz CT molecular complexity index is 420. The first kappa shape index (κ1) is 14.4. The van der Waals surface area contributed by atoms with Crippen LogP contribution in [0, 0.1) is 17.6 Å². The zero-order valence-corrected chi connectivity index (χ0v) is 10.7. The van der Waals surface area contributed by atoms with E-state index in [2.05, 4.69) is 4.90 Å². The first-order valence-corrected chi connectivity index (χ1v) is 6.55. The van der Waals surface area contributed by atoms with E-state index in [1.807, 2.05) is 0 Å². The molecule has 0 radical (unpaired) electrons. The fraction of sp³-hybridized carbons (Fsp3) is 0.571. The van der Waals surface area contributed by atoms with Crippen molar-refractivity contribution in [2.24, 2.45) is 5.92 Å². The molecule has 0 bridgehead atoms. The summed E-state index contributed by atoms with van der Waals surface area (Å²) in [5, 5.41) is 18.5. The van der Waals surface area contributed by atoms with Crippen LogP contribution in [-0.2, 0) is 6.54 Å². The second-order valence-corrected chi connectivity index (χ2v) is 5.10.